The van der Waals surface area contributed by atoms with Gasteiger partial charge in [-0.3, -0.25) is 0 Å². The van der Waals surface area contributed by atoms with Crippen molar-refractivity contribution in [2.24, 2.45) is 0 Å². The second-order valence-electron chi connectivity index (χ2n) is 6.38. The number of ether oxygens (including phenoxy) is 1. The van der Waals surface area contributed by atoms with Gasteiger partial charge in [0.2, 0.25) is 0 Å². The quantitative estimate of drug-likeness (QED) is 0.777. The molecule has 0 bridgehead atoms. The average molecular weight is 343 g/mol. The van der Waals surface area contributed by atoms with E-state index < -0.39 is 0 Å². The maximum atomic E-state index is 5.53. The molecule has 2 rings (SSSR count). The second-order valence-corrected chi connectivity index (χ2v) is 6.76. The van der Waals surface area contributed by atoms with E-state index in [1.165, 1.54) is 11.1 Å². The van der Waals surface area contributed by atoms with Gasteiger partial charge in [-0.15, -0.1) is 0 Å². The molecule has 0 aromatic heterocycles. The topological polar surface area (TPSA) is 24.5 Å². The molecule has 2 aromatic rings. The smallest absolute Gasteiger partial charge is 0.173 e. The van der Waals surface area contributed by atoms with Gasteiger partial charge in [0.1, 0.15) is 5.75 Å². The molecule has 0 aliphatic rings. The molecule has 0 amide bonds. The molecule has 4 heteroatoms. The van der Waals surface area contributed by atoms with Gasteiger partial charge in [0.15, 0.2) is 5.11 Å². The number of hydrogen-bond acceptors (Lipinski definition) is 2. The van der Waals surface area contributed by atoms with E-state index in [0.717, 1.165) is 17.0 Å². The first-order valence-electron chi connectivity index (χ1n) is 8.16. The van der Waals surface area contributed by atoms with Crippen molar-refractivity contribution in [3.8, 4) is 5.75 Å². The Hall–Kier alpha value is -2.07. The molecule has 0 saturated heterocycles. The molecule has 0 aliphatic heterocycles. The summed E-state index contributed by atoms with van der Waals surface area (Å²) in [5, 5.41) is 3.99. The third-order valence-electron chi connectivity index (χ3n) is 4.02. The molecular weight excluding hydrogens is 316 g/mol. The Morgan fingerprint density at radius 3 is 2.42 bits per heavy atom. The first-order chi connectivity index (χ1) is 11.4. The van der Waals surface area contributed by atoms with Crippen LogP contribution in [-0.2, 0) is 6.54 Å². The lowest BCUT2D eigenvalue weighted by Gasteiger charge is -2.22. The highest BCUT2D eigenvalue weighted by atomic mass is 32.1. The third-order valence-corrected chi connectivity index (χ3v) is 4.43. The van der Waals surface area contributed by atoms with Gasteiger partial charge in [0.05, 0.1) is 7.11 Å². The first kappa shape index (κ1) is 18.3. The van der Waals surface area contributed by atoms with Crippen LogP contribution >= 0.6 is 12.2 Å². The highest BCUT2D eigenvalue weighted by molar-refractivity contribution is 7.80. The number of benzene rings is 2. The molecule has 0 heterocycles. The van der Waals surface area contributed by atoms with Crippen molar-refractivity contribution in [1.82, 2.24) is 4.90 Å². The lowest BCUT2D eigenvalue weighted by molar-refractivity contribution is 0.399. The summed E-state index contributed by atoms with van der Waals surface area (Å²) in [7, 11) is 3.68. The van der Waals surface area contributed by atoms with Crippen molar-refractivity contribution in [3.63, 3.8) is 0 Å². The largest absolute Gasteiger partial charge is 0.496 e. The van der Waals surface area contributed by atoms with E-state index in [4.69, 9.17) is 17.0 Å². The molecule has 1 N–H and O–H groups in total. The monoisotopic (exact) mass is 342 g/mol. The lowest BCUT2D eigenvalue weighted by atomic mass is 10.0. The van der Waals surface area contributed by atoms with Crippen LogP contribution in [0.5, 0.6) is 5.75 Å². The molecule has 128 valence electrons. The fraction of sp³-hybridized carbons (Fsp3) is 0.350. The van der Waals surface area contributed by atoms with Crippen molar-refractivity contribution in [2.45, 2.75) is 33.2 Å². The molecule has 0 saturated carbocycles. The molecule has 2 aromatic carbocycles. The number of nitrogens with one attached hydrogen (secondary N) is 1. The molecule has 3 nitrogen and oxygen atoms in total. The molecule has 0 spiro atoms. The maximum absolute atomic E-state index is 5.53. The van der Waals surface area contributed by atoms with Crippen LogP contribution in [0.3, 0.4) is 0 Å². The van der Waals surface area contributed by atoms with E-state index >= 15 is 0 Å². The van der Waals surface area contributed by atoms with Crippen molar-refractivity contribution in [3.05, 3.63) is 59.2 Å². The summed E-state index contributed by atoms with van der Waals surface area (Å²) in [4.78, 5) is 2.02. The number of anilines is 1. The van der Waals surface area contributed by atoms with Crippen LogP contribution in [0.4, 0.5) is 5.69 Å². The normalized spacial score (nSPS) is 10.6. The number of rotatable bonds is 5. The van der Waals surface area contributed by atoms with Gasteiger partial charge in [0.25, 0.3) is 0 Å². The molecule has 0 radical (unpaired) electrons. The number of aryl methyl sites for hydroxylation is 1. The average Bonchev–Trinajstić information content (AvgIpc) is 2.55. The Labute approximate surface area is 150 Å². The van der Waals surface area contributed by atoms with E-state index in [2.05, 4.69) is 62.5 Å². The van der Waals surface area contributed by atoms with E-state index in [9.17, 15) is 0 Å². The summed E-state index contributed by atoms with van der Waals surface area (Å²) in [5.41, 5.74) is 4.67. The van der Waals surface area contributed by atoms with Crippen LogP contribution in [0, 0.1) is 6.92 Å². The summed E-state index contributed by atoms with van der Waals surface area (Å²) in [5.74, 6) is 1.42. The minimum Gasteiger partial charge on any atom is -0.496 e. The third kappa shape index (κ3) is 4.71. The maximum Gasteiger partial charge on any atom is 0.173 e. The summed E-state index contributed by atoms with van der Waals surface area (Å²) in [6, 6.07) is 14.6. The van der Waals surface area contributed by atoms with Crippen molar-refractivity contribution >= 4 is 23.0 Å². The Morgan fingerprint density at radius 1 is 1.17 bits per heavy atom. The SMILES string of the molecule is COc1ccc(C)cc1CN(C)C(=S)Nc1ccc(C(C)C)cc1. The van der Waals surface area contributed by atoms with Gasteiger partial charge in [-0.25, -0.2) is 0 Å². The number of hydrogen-bond donors (Lipinski definition) is 1. The zero-order chi connectivity index (χ0) is 17.7. The van der Waals surface area contributed by atoms with Crippen molar-refractivity contribution in [1.29, 1.82) is 0 Å². The van der Waals surface area contributed by atoms with Crippen LogP contribution in [0.25, 0.3) is 0 Å². The van der Waals surface area contributed by atoms with Crippen LogP contribution in [0.15, 0.2) is 42.5 Å². The Morgan fingerprint density at radius 2 is 1.83 bits per heavy atom. The van der Waals surface area contributed by atoms with Crippen LogP contribution in [-0.4, -0.2) is 24.2 Å². The Bertz CT molecular complexity index is 695. The van der Waals surface area contributed by atoms with Gasteiger partial charge in [-0.1, -0.05) is 43.7 Å². The van der Waals surface area contributed by atoms with Crippen molar-refractivity contribution in [2.75, 3.05) is 19.5 Å². The fourth-order valence-corrected chi connectivity index (χ4v) is 2.71. The summed E-state index contributed by atoms with van der Waals surface area (Å²) in [6.07, 6.45) is 0. The minimum absolute atomic E-state index is 0.530. The second kappa shape index (κ2) is 8.15. The highest BCUT2D eigenvalue weighted by Crippen LogP contribution is 2.22. The first-order valence-corrected chi connectivity index (χ1v) is 8.57. The summed E-state index contributed by atoms with van der Waals surface area (Å²) < 4.78 is 5.44. The fourth-order valence-electron chi connectivity index (χ4n) is 2.53. The molecular formula is C20H26N2OS. The van der Waals surface area contributed by atoms with Crippen molar-refractivity contribution < 1.29 is 4.74 Å². The van der Waals surface area contributed by atoms with Crippen LogP contribution < -0.4 is 10.1 Å². The molecule has 0 atom stereocenters. The van der Waals surface area contributed by atoms with E-state index in [1.807, 2.05) is 18.0 Å². The summed E-state index contributed by atoms with van der Waals surface area (Å²) >= 11 is 5.53. The minimum atomic E-state index is 0.530. The Kier molecular flexibility index (Phi) is 6.21. The van der Waals surface area contributed by atoms with Gasteiger partial charge in [-0.2, -0.15) is 0 Å². The van der Waals surface area contributed by atoms with Gasteiger partial charge >= 0.3 is 0 Å². The molecule has 0 aliphatic carbocycles. The molecule has 24 heavy (non-hydrogen) atoms. The zero-order valence-corrected chi connectivity index (χ0v) is 15.9. The van der Waals surface area contributed by atoms with Crippen LogP contribution in [0.2, 0.25) is 0 Å². The molecule has 0 fully saturated rings. The van der Waals surface area contributed by atoms with Gasteiger partial charge < -0.3 is 15.0 Å². The van der Waals surface area contributed by atoms with Gasteiger partial charge in [-0.05, 0) is 48.8 Å². The predicted molar refractivity (Wildman–Crippen MR) is 106 cm³/mol. The number of methoxy groups -OCH3 is 1. The predicted octanol–water partition coefficient (Wildman–Crippen LogP) is 4.96. The van der Waals surface area contributed by atoms with E-state index in [-0.39, 0.29) is 0 Å². The zero-order valence-electron chi connectivity index (χ0n) is 15.1. The Balaban J connectivity index is 2.03. The highest BCUT2D eigenvalue weighted by Gasteiger charge is 2.10. The van der Waals surface area contributed by atoms with E-state index in [0.29, 0.717) is 17.6 Å². The van der Waals surface area contributed by atoms with Crippen LogP contribution in [0.1, 0.15) is 36.5 Å². The van der Waals surface area contributed by atoms with E-state index in [1.54, 1.807) is 7.11 Å². The summed E-state index contributed by atoms with van der Waals surface area (Å²) in [6.45, 7) is 7.16. The number of thiocarbonyl (C=S) groups is 1. The van der Waals surface area contributed by atoms with Gasteiger partial charge in [0, 0.05) is 24.8 Å². The molecule has 0 unspecified atom stereocenters. The number of nitrogens with zero attached hydrogens (tertiary/aromatic N) is 1. The standard InChI is InChI=1S/C20H26N2OS/c1-14(2)16-7-9-18(10-8-16)21-20(24)22(4)13-17-12-15(3)6-11-19(17)23-5/h6-12,14H,13H2,1-5H3,(H,21,24). The lowest BCUT2D eigenvalue weighted by Crippen LogP contribution is -2.30.